The van der Waals surface area contributed by atoms with Crippen LogP contribution in [0.1, 0.15) is 13.3 Å². The van der Waals surface area contributed by atoms with Gasteiger partial charge in [0.1, 0.15) is 13.2 Å². The molecule has 0 fully saturated rings. The highest BCUT2D eigenvalue weighted by molar-refractivity contribution is 5.70. The van der Waals surface area contributed by atoms with Crippen molar-refractivity contribution in [2.24, 2.45) is 0 Å². The van der Waals surface area contributed by atoms with Gasteiger partial charge in [-0.15, -0.1) is 0 Å². The standard InChI is InChI=1S/C11H21O5/c1-3-5-14-6-7-15-8-9-16-11(12)10-13-4-2/h2-10H2,1H3. The number of hydrogen-bond donors (Lipinski definition) is 0. The van der Waals surface area contributed by atoms with E-state index in [1.54, 1.807) is 0 Å². The molecule has 0 spiro atoms. The monoisotopic (exact) mass is 233 g/mol. The van der Waals surface area contributed by atoms with E-state index in [9.17, 15) is 4.79 Å². The van der Waals surface area contributed by atoms with Crippen molar-refractivity contribution in [1.82, 2.24) is 0 Å². The average molecular weight is 233 g/mol. The highest BCUT2D eigenvalue weighted by Crippen LogP contribution is 1.85. The van der Waals surface area contributed by atoms with Gasteiger partial charge >= 0.3 is 5.97 Å². The van der Waals surface area contributed by atoms with E-state index in [0.717, 1.165) is 13.0 Å². The van der Waals surface area contributed by atoms with Crippen molar-refractivity contribution in [2.45, 2.75) is 13.3 Å². The Morgan fingerprint density at radius 2 is 1.62 bits per heavy atom. The van der Waals surface area contributed by atoms with Crippen LogP contribution in [-0.4, -0.2) is 52.2 Å². The van der Waals surface area contributed by atoms with Crippen LogP contribution >= 0.6 is 0 Å². The highest BCUT2D eigenvalue weighted by Gasteiger charge is 2.01. The molecule has 16 heavy (non-hydrogen) atoms. The summed E-state index contributed by atoms with van der Waals surface area (Å²) in [7, 11) is 0. The first-order valence-corrected chi connectivity index (χ1v) is 5.49. The molecule has 0 heterocycles. The largest absolute Gasteiger partial charge is 0.462 e. The van der Waals surface area contributed by atoms with Crippen LogP contribution in [0.5, 0.6) is 0 Å². The van der Waals surface area contributed by atoms with Gasteiger partial charge < -0.3 is 18.9 Å². The third-order valence-corrected chi connectivity index (χ3v) is 1.58. The van der Waals surface area contributed by atoms with Crippen molar-refractivity contribution < 1.29 is 23.7 Å². The SMILES string of the molecule is [CH2]COCC(=O)OCCOCCOCCC. The predicted molar refractivity (Wildman–Crippen MR) is 59.1 cm³/mol. The molecule has 5 nitrogen and oxygen atoms in total. The summed E-state index contributed by atoms with van der Waals surface area (Å²) in [5.74, 6) is -0.394. The smallest absolute Gasteiger partial charge is 0.332 e. The summed E-state index contributed by atoms with van der Waals surface area (Å²) in [6.45, 7) is 8.17. The Bertz CT molecular complexity index is 160. The number of ether oxygens (including phenoxy) is 4. The topological polar surface area (TPSA) is 54.0 Å². The van der Waals surface area contributed by atoms with Crippen LogP contribution in [0.2, 0.25) is 0 Å². The van der Waals surface area contributed by atoms with Gasteiger partial charge in [0.25, 0.3) is 0 Å². The van der Waals surface area contributed by atoms with Gasteiger partial charge in [-0.25, -0.2) is 4.79 Å². The molecule has 0 aromatic rings. The fourth-order valence-electron chi connectivity index (χ4n) is 0.878. The summed E-state index contributed by atoms with van der Waals surface area (Å²) in [5.41, 5.74) is 0. The molecule has 0 aromatic heterocycles. The second-order valence-corrected chi connectivity index (χ2v) is 3.00. The molecule has 0 saturated carbocycles. The van der Waals surface area contributed by atoms with E-state index in [1.165, 1.54) is 0 Å². The second kappa shape index (κ2) is 12.4. The van der Waals surface area contributed by atoms with Crippen molar-refractivity contribution in [3.63, 3.8) is 0 Å². The third kappa shape index (κ3) is 11.4. The quantitative estimate of drug-likeness (QED) is 0.391. The van der Waals surface area contributed by atoms with Gasteiger partial charge in [0, 0.05) is 13.2 Å². The molecule has 0 aliphatic carbocycles. The minimum atomic E-state index is -0.394. The fourth-order valence-corrected chi connectivity index (χ4v) is 0.878. The predicted octanol–water partition coefficient (Wildman–Crippen LogP) is 0.823. The minimum absolute atomic E-state index is 0.0525. The molecule has 0 atom stereocenters. The molecule has 0 rings (SSSR count). The normalized spacial score (nSPS) is 10.4. The molecule has 0 aromatic carbocycles. The summed E-state index contributed by atoms with van der Waals surface area (Å²) in [4.78, 5) is 10.9. The Labute approximate surface area is 97.0 Å². The van der Waals surface area contributed by atoms with E-state index in [2.05, 4.69) is 6.92 Å². The van der Waals surface area contributed by atoms with Crippen LogP contribution in [-0.2, 0) is 23.7 Å². The van der Waals surface area contributed by atoms with Crippen molar-refractivity contribution in [3.8, 4) is 0 Å². The molecular weight excluding hydrogens is 212 g/mol. The number of rotatable bonds is 11. The Hall–Kier alpha value is -0.650. The van der Waals surface area contributed by atoms with E-state index in [1.807, 2.05) is 6.92 Å². The molecule has 0 unspecified atom stereocenters. The summed E-state index contributed by atoms with van der Waals surface area (Å²) >= 11 is 0. The number of carbonyl (C=O) groups excluding carboxylic acids is 1. The maximum Gasteiger partial charge on any atom is 0.332 e. The zero-order valence-corrected chi connectivity index (χ0v) is 9.91. The molecule has 0 amide bonds. The van der Waals surface area contributed by atoms with E-state index in [4.69, 9.17) is 18.9 Å². The molecule has 95 valence electrons. The van der Waals surface area contributed by atoms with Crippen molar-refractivity contribution >= 4 is 5.97 Å². The Kier molecular flexibility index (Phi) is 11.9. The lowest BCUT2D eigenvalue weighted by atomic mass is 10.5. The van der Waals surface area contributed by atoms with E-state index < -0.39 is 5.97 Å². The van der Waals surface area contributed by atoms with E-state index in [-0.39, 0.29) is 19.8 Å². The first kappa shape index (κ1) is 15.3. The molecule has 0 bridgehead atoms. The molecule has 0 aliphatic rings. The van der Waals surface area contributed by atoms with E-state index in [0.29, 0.717) is 19.8 Å². The summed E-state index contributed by atoms with van der Waals surface area (Å²) in [5, 5.41) is 0. The lowest BCUT2D eigenvalue weighted by molar-refractivity contribution is -0.150. The first-order chi connectivity index (χ1) is 7.81. The zero-order valence-electron chi connectivity index (χ0n) is 9.91. The summed E-state index contributed by atoms with van der Waals surface area (Å²) < 4.78 is 20.0. The molecule has 1 radical (unpaired) electrons. The lowest BCUT2D eigenvalue weighted by Gasteiger charge is -2.06. The van der Waals surface area contributed by atoms with E-state index >= 15 is 0 Å². The van der Waals surface area contributed by atoms with Gasteiger partial charge in [-0.3, -0.25) is 0 Å². The highest BCUT2D eigenvalue weighted by atomic mass is 16.6. The Morgan fingerprint density at radius 1 is 1.00 bits per heavy atom. The van der Waals surface area contributed by atoms with Crippen molar-refractivity contribution in [2.75, 3.05) is 46.2 Å². The molecule has 0 N–H and O–H groups in total. The Morgan fingerprint density at radius 3 is 2.25 bits per heavy atom. The van der Waals surface area contributed by atoms with Gasteiger partial charge in [0.2, 0.25) is 0 Å². The van der Waals surface area contributed by atoms with Crippen molar-refractivity contribution in [1.29, 1.82) is 0 Å². The second-order valence-electron chi connectivity index (χ2n) is 3.00. The van der Waals surface area contributed by atoms with Crippen LogP contribution in [0.25, 0.3) is 0 Å². The van der Waals surface area contributed by atoms with Gasteiger partial charge in [-0.05, 0) is 13.3 Å². The maximum absolute atomic E-state index is 10.9. The molecule has 5 heteroatoms. The van der Waals surface area contributed by atoms with Crippen LogP contribution in [0.15, 0.2) is 0 Å². The number of carbonyl (C=O) groups is 1. The van der Waals surface area contributed by atoms with Crippen molar-refractivity contribution in [3.05, 3.63) is 6.92 Å². The zero-order chi connectivity index (χ0) is 12.1. The molecule has 0 aliphatic heterocycles. The average Bonchev–Trinajstić information content (AvgIpc) is 2.30. The third-order valence-electron chi connectivity index (χ3n) is 1.58. The van der Waals surface area contributed by atoms with Crippen LogP contribution in [0.3, 0.4) is 0 Å². The number of esters is 1. The van der Waals surface area contributed by atoms with Gasteiger partial charge in [0.15, 0.2) is 0 Å². The fraction of sp³-hybridized carbons (Fsp3) is 0.818. The van der Waals surface area contributed by atoms with Crippen LogP contribution < -0.4 is 0 Å². The maximum atomic E-state index is 10.9. The number of hydrogen-bond acceptors (Lipinski definition) is 5. The summed E-state index contributed by atoms with van der Waals surface area (Å²) in [6, 6.07) is 0. The summed E-state index contributed by atoms with van der Waals surface area (Å²) in [6.07, 6.45) is 1.00. The molecule has 0 saturated heterocycles. The van der Waals surface area contributed by atoms with Gasteiger partial charge in [0.05, 0.1) is 19.8 Å². The molecular formula is C11H21O5. The lowest BCUT2D eigenvalue weighted by Crippen LogP contribution is -2.16. The van der Waals surface area contributed by atoms with Crippen LogP contribution in [0.4, 0.5) is 0 Å². The Balaban J connectivity index is 3.05. The van der Waals surface area contributed by atoms with Gasteiger partial charge in [-0.2, -0.15) is 0 Å². The van der Waals surface area contributed by atoms with Crippen LogP contribution in [0, 0.1) is 6.92 Å². The minimum Gasteiger partial charge on any atom is -0.462 e. The van der Waals surface area contributed by atoms with Gasteiger partial charge in [-0.1, -0.05) is 6.92 Å². The first-order valence-electron chi connectivity index (χ1n) is 5.49.